The van der Waals surface area contributed by atoms with Crippen molar-refractivity contribution < 1.29 is 14.7 Å². The number of unbranched alkanes of at least 4 members (excludes halogenated alkanes) is 24. The second kappa shape index (κ2) is 27.4. The lowest BCUT2D eigenvalue weighted by Gasteiger charge is -2.29. The molecular weight excluding hydrogens is 482 g/mol. The molecule has 0 aromatic heterocycles. The Hall–Kier alpha value is -0.740. The molecule has 0 aliphatic heterocycles. The van der Waals surface area contributed by atoms with Gasteiger partial charge in [-0.05, 0) is 19.8 Å². The van der Waals surface area contributed by atoms with Crippen LogP contribution in [0.1, 0.15) is 201 Å². The van der Waals surface area contributed by atoms with Crippen LogP contribution in [-0.2, 0) is 9.59 Å². The molecule has 1 unspecified atom stereocenters. The maximum Gasteiger partial charge on any atom is 0.150 e. The van der Waals surface area contributed by atoms with Crippen molar-refractivity contribution >= 4 is 11.6 Å². The normalized spacial score (nSPS) is 12.6. The van der Waals surface area contributed by atoms with Crippen molar-refractivity contribution in [3.8, 4) is 0 Å². The van der Waals surface area contributed by atoms with Crippen LogP contribution in [0, 0.1) is 5.41 Å². The number of hydrogen-bond acceptors (Lipinski definition) is 4. The summed E-state index contributed by atoms with van der Waals surface area (Å²) in [5, 5.41) is 10.2. The molecule has 0 bridgehead atoms. The molecular formula is C35H69NO3. The molecule has 1 atom stereocenters. The van der Waals surface area contributed by atoms with Crippen molar-refractivity contribution in [2.24, 2.45) is 11.1 Å². The van der Waals surface area contributed by atoms with Gasteiger partial charge in [0.25, 0.3) is 0 Å². The lowest BCUT2D eigenvalue weighted by Crippen LogP contribution is -2.51. The quantitative estimate of drug-likeness (QED) is 0.0510. The molecule has 4 nitrogen and oxygen atoms in total. The maximum absolute atomic E-state index is 12.9. The molecule has 0 rings (SSSR count). The fraction of sp³-hybridized carbons (Fsp3) is 0.943. The first kappa shape index (κ1) is 38.3. The topological polar surface area (TPSA) is 80.4 Å². The van der Waals surface area contributed by atoms with Crippen molar-refractivity contribution in [2.75, 3.05) is 0 Å². The number of nitrogens with two attached hydrogens (primary N) is 1. The van der Waals surface area contributed by atoms with Gasteiger partial charge < -0.3 is 10.8 Å². The molecule has 0 fully saturated rings. The van der Waals surface area contributed by atoms with E-state index in [0.717, 1.165) is 38.5 Å². The van der Waals surface area contributed by atoms with E-state index in [1.165, 1.54) is 128 Å². The van der Waals surface area contributed by atoms with E-state index in [1.54, 1.807) is 6.92 Å². The Labute approximate surface area is 244 Å². The molecule has 4 heteroatoms. The smallest absolute Gasteiger partial charge is 0.150 e. The number of ketones is 2. The average molecular weight is 552 g/mol. The van der Waals surface area contributed by atoms with Crippen LogP contribution in [0.15, 0.2) is 0 Å². The molecule has 0 aliphatic rings. The monoisotopic (exact) mass is 552 g/mol. The van der Waals surface area contributed by atoms with Gasteiger partial charge in [0.2, 0.25) is 0 Å². The average Bonchev–Trinajstić information content (AvgIpc) is 2.92. The number of carbonyl (C=O) groups is 2. The Morgan fingerprint density at radius 2 is 0.692 bits per heavy atom. The molecule has 3 N–H and O–H groups in total. The van der Waals surface area contributed by atoms with E-state index in [1.807, 2.05) is 0 Å². The number of Topliss-reactive ketones (excluding diaryl/α,β-unsaturated/α-hetero) is 2. The van der Waals surface area contributed by atoms with E-state index in [0.29, 0.717) is 12.8 Å². The van der Waals surface area contributed by atoms with Gasteiger partial charge in [0.05, 0.1) is 0 Å². The van der Waals surface area contributed by atoms with Crippen LogP contribution in [0.5, 0.6) is 0 Å². The van der Waals surface area contributed by atoms with E-state index in [4.69, 9.17) is 5.73 Å². The molecule has 0 saturated carbocycles. The zero-order valence-corrected chi connectivity index (χ0v) is 26.7. The highest BCUT2D eigenvalue weighted by Gasteiger charge is 2.44. The first-order valence-corrected chi connectivity index (χ1v) is 17.4. The zero-order valence-electron chi connectivity index (χ0n) is 26.7. The second-order valence-electron chi connectivity index (χ2n) is 12.5. The summed E-state index contributed by atoms with van der Waals surface area (Å²) in [7, 11) is 0. The third-order valence-corrected chi connectivity index (χ3v) is 8.76. The fourth-order valence-electron chi connectivity index (χ4n) is 5.61. The van der Waals surface area contributed by atoms with Crippen LogP contribution < -0.4 is 5.73 Å². The summed E-state index contributed by atoms with van der Waals surface area (Å²) in [5.41, 5.74) is 4.32. The SMILES string of the molecule is CCCCCCCCCCCCCCCC(=O)C(C)(C(=O)CCCCCCCCCCCCCCC)C(N)O. The molecule has 232 valence electrons. The largest absolute Gasteiger partial charge is 0.377 e. The van der Waals surface area contributed by atoms with Crippen LogP contribution in [0.2, 0.25) is 0 Å². The molecule has 0 aliphatic carbocycles. The Morgan fingerprint density at radius 1 is 0.487 bits per heavy atom. The molecule has 0 amide bonds. The van der Waals surface area contributed by atoms with E-state index < -0.39 is 11.6 Å². The van der Waals surface area contributed by atoms with Crippen LogP contribution in [0.3, 0.4) is 0 Å². The molecule has 0 aromatic carbocycles. The second-order valence-corrected chi connectivity index (χ2v) is 12.5. The number of hydrogen-bond donors (Lipinski definition) is 2. The summed E-state index contributed by atoms with van der Waals surface area (Å²) in [6.07, 6.45) is 31.9. The lowest BCUT2D eigenvalue weighted by atomic mass is 9.76. The van der Waals surface area contributed by atoms with Crippen LogP contribution >= 0.6 is 0 Å². The molecule has 0 aromatic rings. The van der Waals surface area contributed by atoms with Crippen molar-refractivity contribution in [3.05, 3.63) is 0 Å². The Kier molecular flexibility index (Phi) is 26.9. The summed E-state index contributed by atoms with van der Waals surface area (Å²) in [5.74, 6) is -0.361. The Balaban J connectivity index is 3.87. The lowest BCUT2D eigenvalue weighted by molar-refractivity contribution is -0.147. The van der Waals surface area contributed by atoms with E-state index in [2.05, 4.69) is 13.8 Å². The minimum atomic E-state index is -1.45. The Bertz CT molecular complexity index is 518. The molecule has 0 spiro atoms. The van der Waals surface area contributed by atoms with Gasteiger partial charge in [-0.1, -0.05) is 168 Å². The van der Waals surface area contributed by atoms with Gasteiger partial charge >= 0.3 is 0 Å². The number of carbonyl (C=O) groups excluding carboxylic acids is 2. The summed E-state index contributed by atoms with van der Waals surface area (Å²) < 4.78 is 0. The van der Waals surface area contributed by atoms with Crippen molar-refractivity contribution in [2.45, 2.75) is 207 Å². The van der Waals surface area contributed by atoms with E-state index >= 15 is 0 Å². The standard InChI is InChI=1S/C35H69NO3/c1-4-6-8-10-12-14-16-18-20-22-24-26-28-30-32(37)35(3,34(36)39)33(38)31-29-27-25-23-21-19-17-15-13-11-9-7-5-2/h34,39H,4-31,36H2,1-3H3. The summed E-state index contributed by atoms with van der Waals surface area (Å²) in [4.78, 5) is 25.8. The van der Waals surface area contributed by atoms with E-state index in [-0.39, 0.29) is 11.6 Å². The van der Waals surface area contributed by atoms with Crippen LogP contribution in [0.25, 0.3) is 0 Å². The fourth-order valence-corrected chi connectivity index (χ4v) is 5.61. The minimum Gasteiger partial charge on any atom is -0.377 e. The number of aliphatic hydroxyl groups excluding tert-OH is 1. The van der Waals surface area contributed by atoms with Gasteiger partial charge in [-0.25, -0.2) is 0 Å². The maximum atomic E-state index is 12.9. The summed E-state index contributed by atoms with van der Waals surface area (Å²) >= 11 is 0. The van der Waals surface area contributed by atoms with Gasteiger partial charge in [-0.3, -0.25) is 9.59 Å². The highest BCUT2D eigenvalue weighted by molar-refractivity contribution is 6.07. The first-order valence-electron chi connectivity index (χ1n) is 17.4. The predicted octanol–water partition coefficient (Wildman–Crippen LogP) is 10.4. The van der Waals surface area contributed by atoms with Crippen LogP contribution in [0.4, 0.5) is 0 Å². The Morgan fingerprint density at radius 3 is 0.897 bits per heavy atom. The summed E-state index contributed by atoms with van der Waals surface area (Å²) in [6.45, 7) is 6.08. The van der Waals surface area contributed by atoms with Crippen molar-refractivity contribution in [1.82, 2.24) is 0 Å². The van der Waals surface area contributed by atoms with Crippen molar-refractivity contribution in [3.63, 3.8) is 0 Å². The molecule has 0 saturated heterocycles. The predicted molar refractivity (Wildman–Crippen MR) is 169 cm³/mol. The minimum absolute atomic E-state index is 0.180. The van der Waals surface area contributed by atoms with Crippen LogP contribution in [-0.4, -0.2) is 22.9 Å². The van der Waals surface area contributed by atoms with Crippen molar-refractivity contribution in [1.29, 1.82) is 0 Å². The zero-order chi connectivity index (χ0) is 29.0. The number of rotatable bonds is 31. The number of aliphatic hydroxyl groups is 1. The molecule has 0 heterocycles. The van der Waals surface area contributed by atoms with Gasteiger partial charge in [0.1, 0.15) is 23.2 Å². The van der Waals surface area contributed by atoms with Gasteiger partial charge in [-0.2, -0.15) is 0 Å². The highest BCUT2D eigenvalue weighted by Crippen LogP contribution is 2.28. The third-order valence-electron chi connectivity index (χ3n) is 8.76. The van der Waals surface area contributed by atoms with Gasteiger partial charge in [-0.15, -0.1) is 0 Å². The molecule has 39 heavy (non-hydrogen) atoms. The first-order chi connectivity index (χ1) is 18.9. The van der Waals surface area contributed by atoms with Gasteiger partial charge in [0, 0.05) is 12.8 Å². The van der Waals surface area contributed by atoms with Gasteiger partial charge in [0.15, 0.2) is 0 Å². The van der Waals surface area contributed by atoms with E-state index in [9.17, 15) is 14.7 Å². The highest BCUT2D eigenvalue weighted by atomic mass is 16.3. The third kappa shape index (κ3) is 20.7. The molecule has 0 radical (unpaired) electrons. The summed E-state index contributed by atoms with van der Waals surface area (Å²) in [6, 6.07) is 0.